The molecule has 2 heterocycles. The van der Waals surface area contributed by atoms with Crippen LogP contribution >= 0.6 is 11.7 Å². The Hall–Kier alpha value is -3.00. The first kappa shape index (κ1) is 15.5. The van der Waals surface area contributed by atoms with Crippen molar-refractivity contribution >= 4 is 39.8 Å². The fraction of sp³-hybridized carbons (Fsp3) is 0.176. The smallest absolute Gasteiger partial charge is 0.408 e. The van der Waals surface area contributed by atoms with Crippen LogP contribution < -0.4 is 11.1 Å². The van der Waals surface area contributed by atoms with Crippen molar-refractivity contribution in [2.24, 2.45) is 0 Å². The Kier molecular flexibility index (Phi) is 3.81. The third-order valence-corrected chi connectivity index (χ3v) is 4.48. The Balaban J connectivity index is 1.53. The lowest BCUT2D eigenvalue weighted by molar-refractivity contribution is 0.0936. The van der Waals surface area contributed by atoms with Crippen molar-refractivity contribution in [2.45, 2.75) is 19.5 Å². The first-order chi connectivity index (χ1) is 12.1. The summed E-state index contributed by atoms with van der Waals surface area (Å²) in [5, 5.41) is 2.90. The van der Waals surface area contributed by atoms with Crippen LogP contribution in [0.3, 0.4) is 0 Å². The van der Waals surface area contributed by atoms with Gasteiger partial charge in [0.05, 0.1) is 17.2 Å². The van der Waals surface area contributed by atoms with Crippen LogP contribution in [0.15, 0.2) is 51.7 Å². The zero-order chi connectivity index (χ0) is 17.4. The molecule has 2 aromatic heterocycles. The molecule has 2 aromatic carbocycles. The van der Waals surface area contributed by atoms with E-state index in [9.17, 15) is 9.59 Å². The first-order valence-electron chi connectivity index (χ1n) is 7.73. The molecular weight excluding hydrogens is 340 g/mol. The number of hydrogen-bond donors (Lipinski definition) is 1. The molecule has 1 atom stereocenters. The maximum Gasteiger partial charge on any atom is 0.420 e. The third-order valence-electron chi connectivity index (χ3n) is 3.92. The highest BCUT2D eigenvalue weighted by Gasteiger charge is 2.15. The number of fused-ring (bicyclic) bond motifs is 2. The third kappa shape index (κ3) is 2.91. The summed E-state index contributed by atoms with van der Waals surface area (Å²) < 4.78 is 15.0. The van der Waals surface area contributed by atoms with Crippen molar-refractivity contribution in [3.05, 3.63) is 58.6 Å². The molecule has 7 nitrogen and oxygen atoms in total. The van der Waals surface area contributed by atoms with Crippen molar-refractivity contribution in [1.82, 2.24) is 18.6 Å². The Bertz CT molecular complexity index is 1130. The van der Waals surface area contributed by atoms with E-state index in [4.69, 9.17) is 4.42 Å². The molecule has 1 amide bonds. The number of aromatic nitrogens is 3. The molecule has 8 heteroatoms. The highest BCUT2D eigenvalue weighted by molar-refractivity contribution is 7.00. The zero-order valence-electron chi connectivity index (χ0n) is 13.3. The highest BCUT2D eigenvalue weighted by Crippen LogP contribution is 2.14. The summed E-state index contributed by atoms with van der Waals surface area (Å²) in [6.07, 6.45) is 0. The Morgan fingerprint density at radius 3 is 2.92 bits per heavy atom. The van der Waals surface area contributed by atoms with Gasteiger partial charge in [-0.3, -0.25) is 9.36 Å². The number of para-hydroxylation sites is 2. The number of nitrogens with zero attached hydrogens (tertiary/aromatic N) is 3. The number of rotatable bonds is 4. The van der Waals surface area contributed by atoms with Crippen LogP contribution in [0.4, 0.5) is 0 Å². The predicted octanol–water partition coefficient (Wildman–Crippen LogP) is 2.42. The summed E-state index contributed by atoms with van der Waals surface area (Å²) in [4.78, 5) is 24.4. The van der Waals surface area contributed by atoms with E-state index in [0.29, 0.717) is 28.7 Å². The monoisotopic (exact) mass is 354 g/mol. The average molecular weight is 354 g/mol. The minimum Gasteiger partial charge on any atom is -0.408 e. The van der Waals surface area contributed by atoms with E-state index >= 15 is 0 Å². The molecule has 1 N–H and O–H groups in total. The number of nitrogens with one attached hydrogen (secondary N) is 1. The number of hydrogen-bond acceptors (Lipinski definition) is 6. The van der Waals surface area contributed by atoms with Gasteiger partial charge in [-0.1, -0.05) is 12.1 Å². The standard InChI is InChI=1S/C17H14N4O3S/c1-10(9-21-14-4-2-3-5-15(14)24-17(21)23)18-16(22)11-6-7-12-13(8-11)20-25-19-12/h2-8,10H,9H2,1H3,(H,18,22)/t10-/m0/s1. The summed E-state index contributed by atoms with van der Waals surface area (Å²) in [6, 6.07) is 12.2. The van der Waals surface area contributed by atoms with Gasteiger partial charge in [0, 0.05) is 18.2 Å². The van der Waals surface area contributed by atoms with E-state index < -0.39 is 5.76 Å². The number of carbonyl (C=O) groups is 1. The summed E-state index contributed by atoms with van der Waals surface area (Å²) in [5.41, 5.74) is 3.22. The van der Waals surface area contributed by atoms with Gasteiger partial charge in [0.2, 0.25) is 0 Å². The normalized spacial score (nSPS) is 12.5. The highest BCUT2D eigenvalue weighted by atomic mass is 32.1. The van der Waals surface area contributed by atoms with Crippen molar-refractivity contribution < 1.29 is 9.21 Å². The summed E-state index contributed by atoms with van der Waals surface area (Å²) >= 11 is 1.11. The molecule has 0 aliphatic heterocycles. The lowest BCUT2D eigenvalue weighted by atomic mass is 10.1. The molecule has 4 aromatic rings. The van der Waals surface area contributed by atoms with E-state index in [-0.39, 0.29) is 11.9 Å². The predicted molar refractivity (Wildman–Crippen MR) is 94.8 cm³/mol. The minimum absolute atomic E-state index is 0.219. The van der Waals surface area contributed by atoms with Gasteiger partial charge in [-0.15, -0.1) is 0 Å². The van der Waals surface area contributed by atoms with E-state index in [2.05, 4.69) is 14.1 Å². The van der Waals surface area contributed by atoms with Gasteiger partial charge in [0.1, 0.15) is 11.0 Å². The number of amides is 1. The van der Waals surface area contributed by atoms with Crippen LogP contribution in [0, 0.1) is 0 Å². The second-order valence-corrected chi connectivity index (χ2v) is 6.32. The number of oxazole rings is 1. The first-order valence-corrected chi connectivity index (χ1v) is 8.46. The fourth-order valence-corrected chi connectivity index (χ4v) is 3.25. The van der Waals surface area contributed by atoms with Crippen LogP contribution in [0.1, 0.15) is 17.3 Å². The van der Waals surface area contributed by atoms with Crippen LogP contribution in [-0.2, 0) is 6.54 Å². The molecule has 0 bridgehead atoms. The van der Waals surface area contributed by atoms with Gasteiger partial charge in [-0.05, 0) is 37.3 Å². The lowest BCUT2D eigenvalue weighted by Gasteiger charge is -2.14. The molecule has 0 saturated carbocycles. The molecule has 25 heavy (non-hydrogen) atoms. The average Bonchev–Trinajstić information content (AvgIpc) is 3.19. The van der Waals surface area contributed by atoms with Gasteiger partial charge in [0.25, 0.3) is 5.91 Å². The number of carbonyl (C=O) groups excluding carboxylic acids is 1. The minimum atomic E-state index is -0.433. The van der Waals surface area contributed by atoms with E-state index in [0.717, 1.165) is 17.2 Å². The maximum absolute atomic E-state index is 12.4. The van der Waals surface area contributed by atoms with Crippen molar-refractivity contribution in [2.75, 3.05) is 0 Å². The zero-order valence-corrected chi connectivity index (χ0v) is 14.1. The quantitative estimate of drug-likeness (QED) is 0.608. The molecule has 0 aliphatic rings. The van der Waals surface area contributed by atoms with Gasteiger partial charge in [-0.2, -0.15) is 8.75 Å². The largest absolute Gasteiger partial charge is 0.420 e. The number of benzene rings is 2. The molecule has 126 valence electrons. The molecule has 0 unspecified atom stereocenters. The fourth-order valence-electron chi connectivity index (χ4n) is 2.74. The van der Waals surface area contributed by atoms with E-state index in [1.165, 1.54) is 4.57 Å². The van der Waals surface area contributed by atoms with E-state index in [1.807, 2.05) is 25.1 Å². The van der Waals surface area contributed by atoms with Crippen LogP contribution in [0.25, 0.3) is 22.1 Å². The Labute approximate surface area is 146 Å². The maximum atomic E-state index is 12.4. The van der Waals surface area contributed by atoms with Crippen molar-refractivity contribution in [3.8, 4) is 0 Å². The molecular formula is C17H14N4O3S. The molecule has 0 aliphatic carbocycles. The Morgan fingerprint density at radius 2 is 2.04 bits per heavy atom. The lowest BCUT2D eigenvalue weighted by Crippen LogP contribution is -2.37. The van der Waals surface area contributed by atoms with Crippen molar-refractivity contribution in [3.63, 3.8) is 0 Å². The SMILES string of the molecule is C[C@@H](Cn1c(=O)oc2ccccc21)NC(=O)c1ccc2nsnc2c1. The van der Waals surface area contributed by atoms with Crippen molar-refractivity contribution in [1.29, 1.82) is 0 Å². The second kappa shape index (κ2) is 6.14. The summed E-state index contributed by atoms with van der Waals surface area (Å²) in [6.45, 7) is 2.16. The summed E-state index contributed by atoms with van der Waals surface area (Å²) in [7, 11) is 0. The molecule has 0 saturated heterocycles. The van der Waals surface area contributed by atoms with E-state index in [1.54, 1.807) is 24.3 Å². The second-order valence-electron chi connectivity index (χ2n) is 5.79. The van der Waals surface area contributed by atoms with Gasteiger partial charge in [-0.25, -0.2) is 4.79 Å². The van der Waals surface area contributed by atoms with Gasteiger partial charge in [0.15, 0.2) is 5.58 Å². The molecule has 0 radical (unpaired) electrons. The van der Waals surface area contributed by atoms with Gasteiger partial charge < -0.3 is 9.73 Å². The molecule has 0 fully saturated rings. The van der Waals surface area contributed by atoms with Gasteiger partial charge >= 0.3 is 5.76 Å². The van der Waals surface area contributed by atoms with Crippen LogP contribution in [-0.4, -0.2) is 25.3 Å². The molecule has 0 spiro atoms. The topological polar surface area (TPSA) is 90.0 Å². The van der Waals surface area contributed by atoms with Crippen LogP contribution in [0.5, 0.6) is 0 Å². The summed E-state index contributed by atoms with van der Waals surface area (Å²) in [5.74, 6) is -0.652. The van der Waals surface area contributed by atoms with Crippen LogP contribution in [0.2, 0.25) is 0 Å². The molecule has 4 rings (SSSR count). The Morgan fingerprint density at radius 1 is 1.24 bits per heavy atom.